The third kappa shape index (κ3) is 4.45. The van der Waals surface area contributed by atoms with Crippen LogP contribution in [0.25, 0.3) is 0 Å². The summed E-state index contributed by atoms with van der Waals surface area (Å²) in [6, 6.07) is 1.93. The van der Waals surface area contributed by atoms with E-state index >= 15 is 0 Å². The summed E-state index contributed by atoms with van der Waals surface area (Å²) >= 11 is 1.72. The number of carbonyl (C=O) groups excluding carboxylic acids is 1. The van der Waals surface area contributed by atoms with Gasteiger partial charge in [-0.25, -0.2) is 4.98 Å². The molecular formula is C18H25N3O2S. The van der Waals surface area contributed by atoms with Gasteiger partial charge >= 0.3 is 0 Å². The molecule has 2 aromatic heterocycles. The normalized spacial score (nSPS) is 17.8. The lowest BCUT2D eigenvalue weighted by Crippen LogP contribution is -2.31. The van der Waals surface area contributed by atoms with Crippen LogP contribution < -0.4 is 0 Å². The third-order valence-corrected chi connectivity index (χ3v) is 5.59. The predicted molar refractivity (Wildman–Crippen MR) is 94.9 cm³/mol. The predicted octanol–water partition coefficient (Wildman–Crippen LogP) is 2.96. The highest BCUT2D eigenvalue weighted by Crippen LogP contribution is 2.21. The minimum Gasteiger partial charge on any atom is -0.472 e. The average Bonchev–Trinajstić information content (AvgIpc) is 3.28. The van der Waals surface area contributed by atoms with Gasteiger partial charge in [0.05, 0.1) is 23.7 Å². The second kappa shape index (κ2) is 7.94. The molecule has 0 saturated carbocycles. The van der Waals surface area contributed by atoms with Crippen molar-refractivity contribution < 1.29 is 9.21 Å². The van der Waals surface area contributed by atoms with Crippen molar-refractivity contribution in [2.75, 3.05) is 26.7 Å². The number of nitrogens with zero attached hydrogens (tertiary/aromatic N) is 3. The van der Waals surface area contributed by atoms with E-state index in [-0.39, 0.29) is 5.91 Å². The Kier molecular flexibility index (Phi) is 5.68. The number of carbonyl (C=O) groups is 1. The summed E-state index contributed by atoms with van der Waals surface area (Å²) in [6.45, 7) is 5.82. The van der Waals surface area contributed by atoms with Crippen molar-refractivity contribution in [3.63, 3.8) is 0 Å². The number of rotatable bonds is 7. The lowest BCUT2D eigenvalue weighted by Gasteiger charge is -2.21. The first-order valence-corrected chi connectivity index (χ1v) is 9.36. The highest BCUT2D eigenvalue weighted by atomic mass is 32.1. The zero-order chi connectivity index (χ0) is 16.9. The molecule has 1 saturated heterocycles. The van der Waals surface area contributed by atoms with Gasteiger partial charge in [0.25, 0.3) is 0 Å². The Hall–Kier alpha value is -1.66. The minimum atomic E-state index is 0.264. The second-order valence-corrected chi connectivity index (χ2v) is 7.62. The fourth-order valence-electron chi connectivity index (χ4n) is 3.28. The van der Waals surface area contributed by atoms with Gasteiger partial charge in [0.2, 0.25) is 5.91 Å². The van der Waals surface area contributed by atoms with Crippen LogP contribution in [0.5, 0.6) is 0 Å². The van der Waals surface area contributed by atoms with Crippen molar-refractivity contribution >= 4 is 17.2 Å². The van der Waals surface area contributed by atoms with E-state index in [1.165, 1.54) is 4.88 Å². The molecule has 5 nitrogen and oxygen atoms in total. The summed E-state index contributed by atoms with van der Waals surface area (Å²) in [7, 11) is 2.16. The Morgan fingerprint density at radius 2 is 2.42 bits per heavy atom. The fraction of sp³-hybridized carbons (Fsp3) is 0.556. The number of hydrogen-bond acceptors (Lipinski definition) is 5. The molecule has 24 heavy (non-hydrogen) atoms. The monoisotopic (exact) mass is 347 g/mol. The van der Waals surface area contributed by atoms with E-state index in [0.717, 1.165) is 50.3 Å². The molecule has 3 rings (SSSR count). The van der Waals surface area contributed by atoms with Gasteiger partial charge in [-0.1, -0.05) is 0 Å². The van der Waals surface area contributed by atoms with Gasteiger partial charge in [0, 0.05) is 37.5 Å². The number of amides is 1. The molecule has 0 N–H and O–H groups in total. The SMILES string of the molecule is Cc1ncsc1CN(C)C[C@@H]1CCN(C(=O)CCc2ccoc2)C1. The molecule has 0 unspecified atom stereocenters. The maximum atomic E-state index is 12.3. The minimum absolute atomic E-state index is 0.264. The van der Waals surface area contributed by atoms with Gasteiger partial charge in [-0.05, 0) is 44.4 Å². The van der Waals surface area contributed by atoms with Crippen LogP contribution in [0.3, 0.4) is 0 Å². The molecule has 1 aliphatic rings. The van der Waals surface area contributed by atoms with Crippen molar-refractivity contribution in [1.82, 2.24) is 14.8 Å². The van der Waals surface area contributed by atoms with Gasteiger partial charge in [-0.3, -0.25) is 4.79 Å². The summed E-state index contributed by atoms with van der Waals surface area (Å²) in [5.41, 5.74) is 4.14. The quantitative estimate of drug-likeness (QED) is 0.773. The van der Waals surface area contributed by atoms with E-state index in [2.05, 4.69) is 23.9 Å². The molecule has 1 fully saturated rings. The van der Waals surface area contributed by atoms with Crippen LogP contribution in [0, 0.1) is 12.8 Å². The van der Waals surface area contributed by atoms with Gasteiger partial charge < -0.3 is 14.2 Å². The first kappa shape index (κ1) is 17.2. The van der Waals surface area contributed by atoms with Crippen LogP contribution in [0.15, 0.2) is 28.5 Å². The van der Waals surface area contributed by atoms with Crippen LogP contribution >= 0.6 is 11.3 Å². The molecule has 1 atom stereocenters. The third-order valence-electron chi connectivity index (χ3n) is 4.67. The number of aryl methyl sites for hydroxylation is 2. The van der Waals surface area contributed by atoms with E-state index in [4.69, 9.17) is 4.42 Å². The smallest absolute Gasteiger partial charge is 0.222 e. The topological polar surface area (TPSA) is 49.6 Å². The molecule has 3 heterocycles. The number of likely N-dealkylation sites (tertiary alicyclic amines) is 1. The van der Waals surface area contributed by atoms with Crippen molar-refractivity contribution in [2.24, 2.45) is 5.92 Å². The van der Waals surface area contributed by atoms with Crippen molar-refractivity contribution in [1.29, 1.82) is 0 Å². The van der Waals surface area contributed by atoms with Crippen LogP contribution in [-0.4, -0.2) is 47.4 Å². The van der Waals surface area contributed by atoms with Crippen molar-refractivity contribution in [3.8, 4) is 0 Å². The van der Waals surface area contributed by atoms with Crippen LogP contribution in [0.2, 0.25) is 0 Å². The van der Waals surface area contributed by atoms with Gasteiger partial charge in [0.15, 0.2) is 0 Å². The van der Waals surface area contributed by atoms with E-state index < -0.39 is 0 Å². The summed E-state index contributed by atoms with van der Waals surface area (Å²) < 4.78 is 5.05. The average molecular weight is 347 g/mol. The molecule has 0 aliphatic carbocycles. The summed E-state index contributed by atoms with van der Waals surface area (Å²) in [5, 5.41) is 0. The first-order chi connectivity index (χ1) is 11.6. The zero-order valence-corrected chi connectivity index (χ0v) is 15.2. The van der Waals surface area contributed by atoms with Gasteiger partial charge in [-0.2, -0.15) is 0 Å². The maximum Gasteiger partial charge on any atom is 0.222 e. The van der Waals surface area contributed by atoms with Gasteiger partial charge in [0.1, 0.15) is 0 Å². The summed E-state index contributed by atoms with van der Waals surface area (Å²) in [5.74, 6) is 0.834. The molecule has 0 spiro atoms. The number of furan rings is 1. The molecule has 0 radical (unpaired) electrons. The molecule has 2 aromatic rings. The highest BCUT2D eigenvalue weighted by molar-refractivity contribution is 7.09. The molecule has 1 amide bonds. The fourth-order valence-corrected chi connectivity index (χ4v) is 4.14. The standard InChI is InChI=1S/C18H25N3O2S/c1-14-17(24-13-19-14)11-20(2)9-16-5-7-21(10-16)18(22)4-3-15-6-8-23-12-15/h6,8,12-13,16H,3-5,7,9-11H2,1-2H3/t16-/m0/s1. The van der Waals surface area contributed by atoms with Crippen LogP contribution in [0.1, 0.15) is 29.0 Å². The van der Waals surface area contributed by atoms with E-state index in [0.29, 0.717) is 12.3 Å². The Bertz CT molecular complexity index is 653. The molecule has 6 heteroatoms. The van der Waals surface area contributed by atoms with Crippen LogP contribution in [-0.2, 0) is 17.8 Å². The first-order valence-electron chi connectivity index (χ1n) is 8.48. The summed E-state index contributed by atoms with van der Waals surface area (Å²) in [4.78, 5) is 22.4. The molecule has 1 aliphatic heterocycles. The molecule has 0 aromatic carbocycles. The molecule has 130 valence electrons. The number of hydrogen-bond donors (Lipinski definition) is 0. The Labute approximate surface area is 147 Å². The van der Waals surface area contributed by atoms with Gasteiger partial charge in [-0.15, -0.1) is 11.3 Å². The lowest BCUT2D eigenvalue weighted by atomic mass is 10.1. The van der Waals surface area contributed by atoms with Crippen molar-refractivity contribution in [3.05, 3.63) is 40.2 Å². The number of thiazole rings is 1. The zero-order valence-electron chi connectivity index (χ0n) is 14.4. The van der Waals surface area contributed by atoms with Crippen molar-refractivity contribution in [2.45, 2.75) is 32.7 Å². The Morgan fingerprint density at radius 3 is 3.12 bits per heavy atom. The van der Waals surface area contributed by atoms with E-state index in [1.54, 1.807) is 23.9 Å². The Morgan fingerprint density at radius 1 is 1.54 bits per heavy atom. The maximum absolute atomic E-state index is 12.3. The Balaban J connectivity index is 1.41. The molecule has 0 bridgehead atoms. The largest absolute Gasteiger partial charge is 0.472 e. The highest BCUT2D eigenvalue weighted by Gasteiger charge is 2.26. The van der Waals surface area contributed by atoms with E-state index in [9.17, 15) is 4.79 Å². The molecular weight excluding hydrogens is 322 g/mol. The van der Waals surface area contributed by atoms with E-state index in [1.807, 2.05) is 16.5 Å². The number of aromatic nitrogens is 1. The second-order valence-electron chi connectivity index (χ2n) is 6.68. The van der Waals surface area contributed by atoms with Crippen LogP contribution in [0.4, 0.5) is 0 Å². The summed E-state index contributed by atoms with van der Waals surface area (Å²) in [6.07, 6.45) is 5.81. The lowest BCUT2D eigenvalue weighted by molar-refractivity contribution is -0.130.